The maximum Gasteiger partial charge on any atom is 0.338 e. The summed E-state index contributed by atoms with van der Waals surface area (Å²) in [5.74, 6) is -2.12. The van der Waals surface area contributed by atoms with E-state index in [0.29, 0.717) is 11.3 Å². The number of aromatic nitrogens is 2. The Morgan fingerprint density at radius 2 is 1.94 bits per heavy atom. The topological polar surface area (TPSA) is 129 Å². The zero-order valence-corrected chi connectivity index (χ0v) is 20.3. The number of rotatable bonds is 7. The van der Waals surface area contributed by atoms with Gasteiger partial charge in [0.1, 0.15) is 5.82 Å². The Labute approximate surface area is 202 Å². The van der Waals surface area contributed by atoms with Gasteiger partial charge in [-0.3, -0.25) is 4.72 Å². The summed E-state index contributed by atoms with van der Waals surface area (Å²) in [6, 6.07) is 8.99. The monoisotopic (exact) mass is 503 g/mol. The van der Waals surface area contributed by atoms with Crippen molar-refractivity contribution in [2.24, 2.45) is 0 Å². The van der Waals surface area contributed by atoms with Crippen LogP contribution in [0.2, 0.25) is 0 Å². The van der Waals surface area contributed by atoms with E-state index in [1.807, 2.05) is 6.07 Å². The van der Waals surface area contributed by atoms with Crippen LogP contribution in [0.15, 0.2) is 40.9 Å². The molecule has 2 heterocycles. The summed E-state index contributed by atoms with van der Waals surface area (Å²) in [6.07, 6.45) is 3.13. The van der Waals surface area contributed by atoms with Crippen LogP contribution in [0.1, 0.15) is 36.5 Å². The van der Waals surface area contributed by atoms with Crippen molar-refractivity contribution in [3.63, 3.8) is 0 Å². The van der Waals surface area contributed by atoms with Gasteiger partial charge in [-0.2, -0.15) is 17.7 Å². The number of nitrogens with zero attached hydrogens (tertiary/aromatic N) is 4. The van der Waals surface area contributed by atoms with E-state index in [9.17, 15) is 17.6 Å². The quantitative estimate of drug-likeness (QED) is 0.498. The van der Waals surface area contributed by atoms with Crippen LogP contribution in [0.3, 0.4) is 0 Å². The number of benzene rings is 2. The number of hydrogen-bond donors (Lipinski definition) is 2. The SMILES string of the molecule is CC1CCCCN1c1ccc(-c2nc(-c3ccc(C(=O)O)c(F)c3)no2)cc1NS(=O)(=O)N(C)C. The molecule has 1 unspecified atom stereocenters. The first-order valence-electron chi connectivity index (χ1n) is 11.0. The summed E-state index contributed by atoms with van der Waals surface area (Å²) < 4.78 is 48.4. The lowest BCUT2D eigenvalue weighted by molar-refractivity contribution is 0.0692. The highest BCUT2D eigenvalue weighted by Crippen LogP contribution is 2.36. The first-order chi connectivity index (χ1) is 16.6. The molecule has 0 aliphatic carbocycles. The van der Waals surface area contributed by atoms with Gasteiger partial charge in [0.05, 0.1) is 16.9 Å². The zero-order chi connectivity index (χ0) is 25.3. The number of hydrogen-bond acceptors (Lipinski definition) is 7. The molecule has 0 bridgehead atoms. The van der Waals surface area contributed by atoms with Crippen molar-refractivity contribution in [1.82, 2.24) is 14.4 Å². The van der Waals surface area contributed by atoms with E-state index in [4.69, 9.17) is 9.63 Å². The fourth-order valence-electron chi connectivity index (χ4n) is 3.97. The molecule has 10 nitrogen and oxygen atoms in total. The molecular formula is C23H26FN5O5S. The fourth-order valence-corrected chi connectivity index (χ4v) is 4.60. The Morgan fingerprint density at radius 1 is 1.20 bits per heavy atom. The van der Waals surface area contributed by atoms with Crippen LogP contribution in [0.25, 0.3) is 22.8 Å². The second-order valence-corrected chi connectivity index (χ2v) is 10.5. The van der Waals surface area contributed by atoms with E-state index in [1.165, 1.54) is 20.2 Å². The molecule has 2 aromatic carbocycles. The van der Waals surface area contributed by atoms with Crippen LogP contribution in [-0.2, 0) is 10.2 Å². The third kappa shape index (κ3) is 5.13. The molecule has 0 saturated carbocycles. The molecule has 0 radical (unpaired) electrons. The van der Waals surface area contributed by atoms with Gasteiger partial charge in [0.15, 0.2) is 0 Å². The van der Waals surface area contributed by atoms with Crippen molar-refractivity contribution < 1.29 is 27.2 Å². The fraction of sp³-hybridized carbons (Fsp3) is 0.348. The van der Waals surface area contributed by atoms with Crippen molar-refractivity contribution in [3.05, 3.63) is 47.8 Å². The predicted octanol–water partition coefficient (Wildman–Crippen LogP) is 3.84. The summed E-state index contributed by atoms with van der Waals surface area (Å²) in [7, 11) is -0.904. The molecule has 0 amide bonds. The molecule has 3 aromatic rings. The number of carboxylic acids is 1. The third-order valence-corrected chi connectivity index (χ3v) is 7.40. The van der Waals surface area contributed by atoms with Crippen molar-refractivity contribution >= 4 is 27.6 Å². The molecule has 4 rings (SSSR count). The van der Waals surface area contributed by atoms with E-state index in [-0.39, 0.29) is 23.3 Å². The Balaban J connectivity index is 1.72. The lowest BCUT2D eigenvalue weighted by Crippen LogP contribution is -2.38. The highest BCUT2D eigenvalue weighted by atomic mass is 32.2. The van der Waals surface area contributed by atoms with Gasteiger partial charge in [-0.25, -0.2) is 9.18 Å². The molecule has 12 heteroatoms. The van der Waals surface area contributed by atoms with Crippen molar-refractivity contribution in [3.8, 4) is 22.8 Å². The smallest absolute Gasteiger partial charge is 0.338 e. The second-order valence-electron chi connectivity index (χ2n) is 8.58. The normalized spacial score (nSPS) is 16.5. The number of carboxylic acid groups (broad SMARTS) is 1. The Morgan fingerprint density at radius 3 is 2.60 bits per heavy atom. The first-order valence-corrected chi connectivity index (χ1v) is 12.5. The van der Waals surface area contributed by atoms with E-state index >= 15 is 0 Å². The highest BCUT2D eigenvalue weighted by molar-refractivity contribution is 7.90. The minimum absolute atomic E-state index is 0.0694. The lowest BCUT2D eigenvalue weighted by Gasteiger charge is -2.36. The van der Waals surface area contributed by atoms with Crippen molar-refractivity contribution in [2.45, 2.75) is 32.2 Å². The number of piperidine rings is 1. The number of aromatic carboxylic acids is 1. The molecule has 1 saturated heterocycles. The average molecular weight is 504 g/mol. The van der Waals surface area contributed by atoms with Crippen LogP contribution < -0.4 is 9.62 Å². The minimum Gasteiger partial charge on any atom is -0.478 e. The summed E-state index contributed by atoms with van der Waals surface area (Å²) >= 11 is 0. The van der Waals surface area contributed by atoms with Gasteiger partial charge in [0.2, 0.25) is 5.82 Å². The summed E-state index contributed by atoms with van der Waals surface area (Å²) in [4.78, 5) is 17.5. The minimum atomic E-state index is -3.78. The second kappa shape index (κ2) is 9.62. The Bertz CT molecular complexity index is 1360. The standard InChI is InChI=1S/C23H26FN5O5S/c1-14-6-4-5-11-29(14)20-10-8-16(13-19(20)27-35(32,33)28(2)3)22-25-21(26-34-22)15-7-9-17(23(30)31)18(24)12-15/h7-10,12-14,27H,4-6,11H2,1-3H3,(H,30,31). The number of nitrogens with one attached hydrogen (secondary N) is 1. The van der Waals surface area contributed by atoms with Crippen LogP contribution in [0.5, 0.6) is 0 Å². The summed E-state index contributed by atoms with van der Waals surface area (Å²) in [5, 5.41) is 12.9. The maximum absolute atomic E-state index is 14.1. The van der Waals surface area contributed by atoms with Gasteiger partial charge in [0, 0.05) is 37.8 Å². The zero-order valence-electron chi connectivity index (χ0n) is 19.5. The summed E-state index contributed by atoms with van der Waals surface area (Å²) in [5.41, 5.74) is 1.38. The largest absolute Gasteiger partial charge is 0.478 e. The predicted molar refractivity (Wildman–Crippen MR) is 129 cm³/mol. The molecule has 186 valence electrons. The van der Waals surface area contributed by atoms with Crippen molar-refractivity contribution in [2.75, 3.05) is 30.3 Å². The molecule has 0 spiro atoms. The average Bonchev–Trinajstić information content (AvgIpc) is 3.29. The highest BCUT2D eigenvalue weighted by Gasteiger charge is 2.25. The molecule has 1 fully saturated rings. The van der Waals surface area contributed by atoms with Crippen LogP contribution in [0.4, 0.5) is 15.8 Å². The molecule has 1 atom stereocenters. The van der Waals surface area contributed by atoms with Gasteiger partial charge in [-0.15, -0.1) is 0 Å². The third-order valence-electron chi connectivity index (χ3n) is 5.96. The van der Waals surface area contributed by atoms with Gasteiger partial charge in [-0.05, 0) is 62.6 Å². The van der Waals surface area contributed by atoms with Gasteiger partial charge in [-0.1, -0.05) is 5.16 Å². The molecule has 1 aromatic heterocycles. The lowest BCUT2D eigenvalue weighted by atomic mass is 10.0. The van der Waals surface area contributed by atoms with Gasteiger partial charge >= 0.3 is 16.2 Å². The number of anilines is 2. The van der Waals surface area contributed by atoms with Gasteiger partial charge in [0.25, 0.3) is 5.89 Å². The van der Waals surface area contributed by atoms with E-state index < -0.39 is 27.6 Å². The molecule has 35 heavy (non-hydrogen) atoms. The molecule has 1 aliphatic heterocycles. The maximum atomic E-state index is 14.1. The molecular weight excluding hydrogens is 477 g/mol. The Kier molecular flexibility index (Phi) is 6.77. The van der Waals surface area contributed by atoms with Crippen molar-refractivity contribution in [1.29, 1.82) is 0 Å². The van der Waals surface area contributed by atoms with Crippen LogP contribution in [-0.4, -0.2) is 60.6 Å². The Hall–Kier alpha value is -3.51. The molecule has 1 aliphatic rings. The number of halogens is 1. The number of carbonyl (C=O) groups is 1. The van der Waals surface area contributed by atoms with E-state index in [1.54, 1.807) is 12.1 Å². The van der Waals surface area contributed by atoms with Crippen LogP contribution >= 0.6 is 0 Å². The molecule has 2 N–H and O–H groups in total. The van der Waals surface area contributed by atoms with Gasteiger partial charge < -0.3 is 14.5 Å². The van der Waals surface area contributed by atoms with E-state index in [2.05, 4.69) is 26.7 Å². The van der Waals surface area contributed by atoms with Crippen LogP contribution in [0, 0.1) is 5.82 Å². The summed E-state index contributed by atoms with van der Waals surface area (Å²) in [6.45, 7) is 2.91. The first kappa shape index (κ1) is 24.6. The van der Waals surface area contributed by atoms with E-state index in [0.717, 1.165) is 47.9 Å².